The lowest BCUT2D eigenvalue weighted by Gasteiger charge is -2.33. The van der Waals surface area contributed by atoms with Gasteiger partial charge in [-0.15, -0.1) is 0 Å². The van der Waals surface area contributed by atoms with E-state index in [1.807, 2.05) is 67.6 Å². The van der Waals surface area contributed by atoms with E-state index in [4.69, 9.17) is 27.5 Å². The average molecular weight is 931 g/mol. The molecule has 0 aliphatic heterocycles. The molecule has 0 fully saturated rings. The van der Waals surface area contributed by atoms with Crippen molar-refractivity contribution >= 4 is 34.8 Å². The fourth-order valence-electron chi connectivity index (χ4n) is 7.75. The van der Waals surface area contributed by atoms with Crippen LogP contribution in [0.3, 0.4) is 0 Å². The van der Waals surface area contributed by atoms with Gasteiger partial charge in [-0.05, 0) is 119 Å². The molecular formula is C54H82O9Si2. The van der Waals surface area contributed by atoms with Gasteiger partial charge in [0.05, 0.1) is 37.6 Å². The highest BCUT2D eigenvalue weighted by Crippen LogP contribution is 2.25. The topological polar surface area (TPSA) is 107 Å². The Bertz CT molecular complexity index is 1760. The summed E-state index contributed by atoms with van der Waals surface area (Å²) in [6.07, 6.45) is 24.3. The molecule has 0 saturated heterocycles. The third-order valence-electron chi connectivity index (χ3n) is 11.5. The number of esters is 3. The molecule has 3 aromatic rings. The van der Waals surface area contributed by atoms with Crippen LogP contribution in [0.5, 0.6) is 5.75 Å². The molecule has 0 saturated carbocycles. The number of unbranched alkanes of at least 4 members (excludes halogenated alkanes) is 17. The van der Waals surface area contributed by atoms with E-state index in [9.17, 15) is 14.4 Å². The summed E-state index contributed by atoms with van der Waals surface area (Å²) in [4.78, 5) is 35.5. The van der Waals surface area contributed by atoms with Crippen molar-refractivity contribution < 1.29 is 41.9 Å². The first-order chi connectivity index (χ1) is 31.4. The van der Waals surface area contributed by atoms with Crippen molar-refractivity contribution in [2.24, 2.45) is 0 Å². The van der Waals surface area contributed by atoms with E-state index in [1.54, 1.807) is 12.1 Å². The smallest absolute Gasteiger partial charge is 0.338 e. The summed E-state index contributed by atoms with van der Waals surface area (Å²) in [5.74, 6) is -0.158. The molecule has 0 N–H and O–H groups in total. The lowest BCUT2D eigenvalue weighted by Crippen LogP contribution is -2.46. The molecule has 0 radical (unpaired) electrons. The first kappa shape index (κ1) is 55.3. The second kappa shape index (κ2) is 32.6. The Morgan fingerprint density at radius 1 is 0.477 bits per heavy atom. The van der Waals surface area contributed by atoms with Crippen LogP contribution in [0.15, 0.2) is 85.5 Å². The van der Waals surface area contributed by atoms with Crippen LogP contribution in [0.25, 0.3) is 11.1 Å². The molecule has 65 heavy (non-hydrogen) atoms. The summed E-state index contributed by atoms with van der Waals surface area (Å²) in [7, 11) is -3.85. The quantitative estimate of drug-likeness (QED) is 0.0184. The molecule has 0 unspecified atom stereocenters. The molecule has 360 valence electrons. The summed E-state index contributed by atoms with van der Waals surface area (Å²) in [5, 5.41) is 0. The van der Waals surface area contributed by atoms with Crippen LogP contribution in [0.2, 0.25) is 32.2 Å². The molecule has 0 atom stereocenters. The Labute approximate surface area is 394 Å². The van der Waals surface area contributed by atoms with E-state index in [2.05, 4.69) is 32.8 Å². The van der Waals surface area contributed by atoms with Crippen molar-refractivity contribution in [1.82, 2.24) is 0 Å². The standard InChI is InChI=1S/C54H82O9Si2/c1-7-52(55)59-41-25-26-43-61-54(57)50-34-32-47(33-35-50)48-36-38-51(39-37-48)58-40-22-18-14-10-8-12-16-20-24-44-62-65(5,6)63-64(3,4)45-27-21-17-13-9-11-15-19-23-42-60-53(56)49-30-28-46(2)29-31-49/h7,28-39H,1,8-27,40-45H2,2-6H3. The van der Waals surface area contributed by atoms with Crippen LogP contribution < -0.4 is 4.74 Å². The number of hydrogen-bond donors (Lipinski definition) is 0. The minimum absolute atomic E-state index is 0.217. The maximum absolute atomic E-state index is 12.4. The lowest BCUT2D eigenvalue weighted by molar-refractivity contribution is -0.137. The molecule has 0 aliphatic carbocycles. The summed E-state index contributed by atoms with van der Waals surface area (Å²) in [6.45, 7) is 17.2. The molecule has 0 aromatic heterocycles. The molecule has 0 bridgehead atoms. The molecule has 0 aliphatic rings. The van der Waals surface area contributed by atoms with Crippen molar-refractivity contribution in [1.29, 1.82) is 0 Å². The van der Waals surface area contributed by atoms with Crippen molar-refractivity contribution in [3.8, 4) is 16.9 Å². The van der Waals surface area contributed by atoms with Crippen molar-refractivity contribution in [2.45, 2.75) is 168 Å². The van der Waals surface area contributed by atoms with E-state index in [-0.39, 0.29) is 25.2 Å². The number of rotatable bonds is 37. The number of carbonyl (C=O) groups excluding carboxylic acids is 3. The van der Waals surface area contributed by atoms with Crippen LogP contribution in [-0.2, 0) is 27.5 Å². The van der Waals surface area contributed by atoms with E-state index in [0.717, 1.165) is 67.4 Å². The second-order valence-corrected chi connectivity index (χ2v) is 26.3. The average Bonchev–Trinajstić information content (AvgIpc) is 3.29. The maximum atomic E-state index is 12.4. The Hall–Kier alpha value is -4.04. The molecule has 0 amide bonds. The van der Waals surface area contributed by atoms with Crippen molar-refractivity contribution in [3.05, 3.63) is 102 Å². The number of carbonyl (C=O) groups is 3. The first-order valence-corrected chi connectivity index (χ1v) is 30.7. The normalized spacial score (nSPS) is 11.6. The first-order valence-electron chi connectivity index (χ1n) is 24.7. The van der Waals surface area contributed by atoms with Crippen LogP contribution in [0, 0.1) is 6.92 Å². The molecular weight excluding hydrogens is 849 g/mol. The van der Waals surface area contributed by atoms with Gasteiger partial charge < -0.3 is 27.5 Å². The van der Waals surface area contributed by atoms with Gasteiger partial charge in [0.2, 0.25) is 0 Å². The molecule has 0 heterocycles. The minimum Gasteiger partial charge on any atom is -0.494 e. The zero-order chi connectivity index (χ0) is 47.0. The molecule has 3 rings (SSSR count). The number of hydrogen-bond acceptors (Lipinski definition) is 9. The molecule has 9 nitrogen and oxygen atoms in total. The predicted molar refractivity (Wildman–Crippen MR) is 269 cm³/mol. The van der Waals surface area contributed by atoms with Gasteiger partial charge >= 0.3 is 26.5 Å². The van der Waals surface area contributed by atoms with Gasteiger partial charge in [-0.1, -0.05) is 145 Å². The van der Waals surface area contributed by atoms with Crippen LogP contribution >= 0.6 is 0 Å². The summed E-state index contributed by atoms with van der Waals surface area (Å²) in [6, 6.07) is 24.3. The molecule has 0 spiro atoms. The van der Waals surface area contributed by atoms with Gasteiger partial charge in [0.1, 0.15) is 5.75 Å². The highest BCUT2D eigenvalue weighted by molar-refractivity contribution is 6.82. The second-order valence-electron chi connectivity index (χ2n) is 18.4. The Balaban J connectivity index is 1.09. The highest BCUT2D eigenvalue weighted by atomic mass is 28.4. The largest absolute Gasteiger partial charge is 0.494 e. The Morgan fingerprint density at radius 3 is 1.35 bits per heavy atom. The Kier molecular flexibility index (Phi) is 27.7. The number of benzene rings is 3. The zero-order valence-corrected chi connectivity index (χ0v) is 42.8. The summed E-state index contributed by atoms with van der Waals surface area (Å²) < 4.78 is 34.8. The van der Waals surface area contributed by atoms with Crippen LogP contribution in [0.4, 0.5) is 0 Å². The molecule has 11 heteroatoms. The van der Waals surface area contributed by atoms with E-state index in [0.29, 0.717) is 30.6 Å². The fraction of sp³-hybridized carbons (Fsp3) is 0.574. The number of ether oxygens (including phenoxy) is 4. The lowest BCUT2D eigenvalue weighted by atomic mass is 10.0. The van der Waals surface area contributed by atoms with Crippen LogP contribution in [0.1, 0.15) is 155 Å². The SMILES string of the molecule is C=CC(=O)OCCCCOC(=O)c1ccc(-c2ccc(OCCCCCCCCCCCO[Si](C)(C)O[Si](C)(C)CCCCCCCCCCCOC(=O)c3ccc(C)cc3)cc2)cc1. The van der Waals surface area contributed by atoms with Gasteiger partial charge in [0.25, 0.3) is 0 Å². The molecule has 3 aromatic carbocycles. The predicted octanol–water partition coefficient (Wildman–Crippen LogP) is 14.5. The van der Waals surface area contributed by atoms with Crippen LogP contribution in [-0.4, -0.2) is 67.8 Å². The monoisotopic (exact) mass is 931 g/mol. The number of aryl methyl sites for hydroxylation is 1. The van der Waals surface area contributed by atoms with E-state index < -0.39 is 22.8 Å². The van der Waals surface area contributed by atoms with E-state index in [1.165, 1.54) is 95.9 Å². The third kappa shape index (κ3) is 26.0. The maximum Gasteiger partial charge on any atom is 0.338 e. The minimum atomic E-state index is -2.11. The summed E-state index contributed by atoms with van der Waals surface area (Å²) >= 11 is 0. The Morgan fingerprint density at radius 2 is 0.862 bits per heavy atom. The van der Waals surface area contributed by atoms with Crippen molar-refractivity contribution in [2.75, 3.05) is 33.0 Å². The van der Waals surface area contributed by atoms with Gasteiger partial charge in [-0.2, -0.15) is 0 Å². The van der Waals surface area contributed by atoms with Gasteiger partial charge in [-0.25, -0.2) is 14.4 Å². The van der Waals surface area contributed by atoms with Gasteiger partial charge in [0.15, 0.2) is 8.32 Å². The fourth-order valence-corrected chi connectivity index (χ4v) is 15.5. The van der Waals surface area contributed by atoms with Gasteiger partial charge in [0, 0.05) is 12.7 Å². The third-order valence-corrected chi connectivity index (χ3v) is 18.1. The zero-order valence-electron chi connectivity index (χ0n) is 40.8. The summed E-state index contributed by atoms with van der Waals surface area (Å²) in [5.41, 5.74) is 4.35. The van der Waals surface area contributed by atoms with Gasteiger partial charge in [-0.3, -0.25) is 0 Å². The highest BCUT2D eigenvalue weighted by Gasteiger charge is 2.34. The van der Waals surface area contributed by atoms with E-state index >= 15 is 0 Å². The van der Waals surface area contributed by atoms with Crippen molar-refractivity contribution in [3.63, 3.8) is 0 Å².